The third kappa shape index (κ3) is 8.37. The average molecular weight is 535 g/mol. The van der Waals surface area contributed by atoms with Gasteiger partial charge in [-0.25, -0.2) is 0 Å². The molecule has 1 N–H and O–H groups in total. The number of thioether (sulfide) groups is 1. The van der Waals surface area contributed by atoms with Gasteiger partial charge in [0.1, 0.15) is 6.04 Å². The van der Waals surface area contributed by atoms with Gasteiger partial charge in [0.15, 0.2) is 0 Å². The highest BCUT2D eigenvalue weighted by atomic mass is 35.5. The second-order valence-corrected chi connectivity index (χ2v) is 11.3. The van der Waals surface area contributed by atoms with Crippen molar-refractivity contribution in [2.45, 2.75) is 69.0 Å². The summed E-state index contributed by atoms with van der Waals surface area (Å²) in [5.74, 6) is 0.129. The highest BCUT2D eigenvalue weighted by Gasteiger charge is 2.32. The highest BCUT2D eigenvalue weighted by Crippen LogP contribution is 2.24. The number of hydrogen-bond donors (Lipinski definition) is 1. The molecule has 2 amide bonds. The summed E-state index contributed by atoms with van der Waals surface area (Å²) in [5.41, 5.74) is 3.19. The second kappa shape index (κ2) is 13.7. The first kappa shape index (κ1) is 27.3. The molecule has 0 saturated heterocycles. The van der Waals surface area contributed by atoms with E-state index in [0.29, 0.717) is 18.0 Å². The van der Waals surface area contributed by atoms with Gasteiger partial charge >= 0.3 is 0 Å². The largest absolute Gasteiger partial charge is 0.352 e. The molecule has 4 rings (SSSR count). The van der Waals surface area contributed by atoms with E-state index < -0.39 is 6.04 Å². The first-order chi connectivity index (χ1) is 18.0. The molecule has 37 heavy (non-hydrogen) atoms. The van der Waals surface area contributed by atoms with Crippen molar-refractivity contribution < 1.29 is 9.59 Å². The first-order valence-electron chi connectivity index (χ1n) is 13.1. The molecule has 0 bridgehead atoms. The monoisotopic (exact) mass is 534 g/mol. The quantitative estimate of drug-likeness (QED) is 0.290. The molecule has 1 atom stereocenters. The van der Waals surface area contributed by atoms with Crippen LogP contribution >= 0.6 is 23.4 Å². The fraction of sp³-hybridized carbons (Fsp3) is 0.355. The van der Waals surface area contributed by atoms with Crippen LogP contribution in [0.1, 0.15) is 48.8 Å². The van der Waals surface area contributed by atoms with Gasteiger partial charge in [0, 0.05) is 28.9 Å². The Hall–Kier alpha value is -2.76. The minimum absolute atomic E-state index is 0.0545. The lowest BCUT2D eigenvalue weighted by molar-refractivity contribution is -0.139. The van der Waals surface area contributed by atoms with E-state index in [1.807, 2.05) is 79.7 Å². The van der Waals surface area contributed by atoms with Crippen molar-refractivity contribution in [3.63, 3.8) is 0 Å². The third-order valence-corrected chi connectivity index (χ3v) is 8.08. The molecule has 0 spiro atoms. The van der Waals surface area contributed by atoms with Crippen LogP contribution in [0.2, 0.25) is 5.02 Å². The Morgan fingerprint density at radius 2 is 1.65 bits per heavy atom. The molecule has 0 aromatic heterocycles. The molecule has 0 heterocycles. The average Bonchev–Trinajstić information content (AvgIpc) is 2.91. The molecule has 0 radical (unpaired) electrons. The number of aryl methyl sites for hydroxylation is 1. The molecule has 194 valence electrons. The van der Waals surface area contributed by atoms with Crippen molar-refractivity contribution in [1.29, 1.82) is 0 Å². The van der Waals surface area contributed by atoms with Crippen LogP contribution in [0.5, 0.6) is 0 Å². The predicted molar refractivity (Wildman–Crippen MR) is 153 cm³/mol. The van der Waals surface area contributed by atoms with Gasteiger partial charge in [0.2, 0.25) is 11.8 Å². The molecule has 1 saturated carbocycles. The van der Waals surface area contributed by atoms with Gasteiger partial charge in [-0.3, -0.25) is 9.59 Å². The van der Waals surface area contributed by atoms with Gasteiger partial charge in [0.05, 0.1) is 5.75 Å². The minimum atomic E-state index is -0.594. The Kier molecular flexibility index (Phi) is 10.1. The number of rotatable bonds is 10. The van der Waals surface area contributed by atoms with Gasteiger partial charge < -0.3 is 10.2 Å². The van der Waals surface area contributed by atoms with E-state index in [2.05, 4.69) is 11.4 Å². The molecule has 1 fully saturated rings. The Bertz CT molecular complexity index is 1160. The zero-order chi connectivity index (χ0) is 26.0. The Morgan fingerprint density at radius 3 is 2.35 bits per heavy atom. The van der Waals surface area contributed by atoms with E-state index in [1.165, 1.54) is 18.2 Å². The van der Waals surface area contributed by atoms with E-state index >= 15 is 0 Å². The van der Waals surface area contributed by atoms with Crippen molar-refractivity contribution in [3.05, 3.63) is 101 Å². The van der Waals surface area contributed by atoms with Crippen LogP contribution in [0.25, 0.3) is 0 Å². The summed E-state index contributed by atoms with van der Waals surface area (Å²) in [7, 11) is 0. The fourth-order valence-electron chi connectivity index (χ4n) is 4.86. The number of amides is 2. The molecule has 1 aliphatic rings. The summed E-state index contributed by atoms with van der Waals surface area (Å²) < 4.78 is 0. The SMILES string of the molecule is Cc1cccc(CN(C(=O)CSc2ccc(Cl)cc2)[C@H](Cc2ccccc2)C(=O)NC2CCCCC2)c1. The van der Waals surface area contributed by atoms with Gasteiger partial charge in [-0.2, -0.15) is 0 Å². The number of nitrogens with one attached hydrogen (secondary N) is 1. The zero-order valence-electron chi connectivity index (χ0n) is 21.4. The fourth-order valence-corrected chi connectivity index (χ4v) is 5.77. The van der Waals surface area contributed by atoms with Crippen LogP contribution in [0, 0.1) is 6.92 Å². The van der Waals surface area contributed by atoms with Crippen molar-refractivity contribution in [3.8, 4) is 0 Å². The zero-order valence-corrected chi connectivity index (χ0v) is 22.9. The molecule has 0 aliphatic heterocycles. The maximum atomic E-state index is 13.8. The molecule has 6 heteroatoms. The van der Waals surface area contributed by atoms with Crippen molar-refractivity contribution in [2.24, 2.45) is 0 Å². The molecule has 3 aromatic rings. The normalized spacial score (nSPS) is 14.6. The lowest BCUT2D eigenvalue weighted by Crippen LogP contribution is -2.53. The van der Waals surface area contributed by atoms with Gasteiger partial charge in [-0.1, -0.05) is 91.0 Å². The number of carbonyl (C=O) groups excluding carboxylic acids is 2. The van der Waals surface area contributed by atoms with Crippen molar-refractivity contribution >= 4 is 35.2 Å². The molecule has 1 aliphatic carbocycles. The van der Waals surface area contributed by atoms with Crippen LogP contribution in [-0.2, 0) is 22.6 Å². The molecule has 0 unspecified atom stereocenters. The molecular weight excluding hydrogens is 500 g/mol. The standard InChI is InChI=1S/C31H35ClN2O2S/c1-23-9-8-12-25(19-23)21-34(30(35)22-37-28-17-15-26(32)16-18-28)29(20-24-10-4-2-5-11-24)31(36)33-27-13-6-3-7-14-27/h2,4-5,8-12,15-19,27,29H,3,6-7,13-14,20-22H2,1H3,(H,33,36)/t29-/m1/s1. The lowest BCUT2D eigenvalue weighted by atomic mass is 9.94. The first-order valence-corrected chi connectivity index (χ1v) is 14.4. The summed E-state index contributed by atoms with van der Waals surface area (Å²) in [5, 5.41) is 3.96. The molecule has 4 nitrogen and oxygen atoms in total. The summed E-state index contributed by atoms with van der Waals surface area (Å²) in [6, 6.07) is 25.2. The number of benzene rings is 3. The van der Waals surface area contributed by atoms with Gasteiger partial charge in [-0.05, 0) is 55.2 Å². The number of halogens is 1. The van der Waals surface area contributed by atoms with Gasteiger partial charge in [0.25, 0.3) is 0 Å². The van der Waals surface area contributed by atoms with Crippen molar-refractivity contribution in [2.75, 3.05) is 5.75 Å². The minimum Gasteiger partial charge on any atom is -0.352 e. The summed E-state index contributed by atoms with van der Waals surface area (Å²) in [4.78, 5) is 30.4. The Morgan fingerprint density at radius 1 is 0.946 bits per heavy atom. The molecule has 3 aromatic carbocycles. The number of hydrogen-bond acceptors (Lipinski definition) is 3. The van der Waals surface area contributed by atoms with Crippen molar-refractivity contribution in [1.82, 2.24) is 10.2 Å². The Labute approximate surface area is 229 Å². The van der Waals surface area contributed by atoms with E-state index in [9.17, 15) is 9.59 Å². The smallest absolute Gasteiger partial charge is 0.243 e. The second-order valence-electron chi connectivity index (χ2n) is 9.80. The van der Waals surface area contributed by atoms with Crippen LogP contribution in [0.15, 0.2) is 83.8 Å². The van der Waals surface area contributed by atoms with E-state index in [-0.39, 0.29) is 23.6 Å². The number of carbonyl (C=O) groups is 2. The summed E-state index contributed by atoms with van der Waals surface area (Å²) in [6.07, 6.45) is 5.97. The maximum Gasteiger partial charge on any atom is 0.243 e. The highest BCUT2D eigenvalue weighted by molar-refractivity contribution is 8.00. The maximum absolute atomic E-state index is 13.8. The Balaban J connectivity index is 1.60. The predicted octanol–water partition coefficient (Wildman–Crippen LogP) is 6.83. The van der Waals surface area contributed by atoms with E-state index in [1.54, 1.807) is 4.90 Å². The third-order valence-electron chi connectivity index (χ3n) is 6.83. The van der Waals surface area contributed by atoms with Crippen LogP contribution in [0.4, 0.5) is 0 Å². The lowest BCUT2D eigenvalue weighted by Gasteiger charge is -2.33. The van der Waals surface area contributed by atoms with E-state index in [4.69, 9.17) is 11.6 Å². The summed E-state index contributed by atoms with van der Waals surface area (Å²) >= 11 is 7.50. The van der Waals surface area contributed by atoms with Crippen LogP contribution < -0.4 is 5.32 Å². The topological polar surface area (TPSA) is 49.4 Å². The van der Waals surface area contributed by atoms with Gasteiger partial charge in [-0.15, -0.1) is 11.8 Å². The number of nitrogens with zero attached hydrogens (tertiary/aromatic N) is 1. The molecular formula is C31H35ClN2O2S. The van der Waals surface area contributed by atoms with Crippen LogP contribution in [-0.4, -0.2) is 34.6 Å². The van der Waals surface area contributed by atoms with Crippen LogP contribution in [0.3, 0.4) is 0 Å². The summed E-state index contributed by atoms with van der Waals surface area (Å²) in [6.45, 7) is 2.43. The van der Waals surface area contributed by atoms with E-state index in [0.717, 1.165) is 47.3 Å².